The first-order chi connectivity index (χ1) is 10.2. The fourth-order valence-corrected chi connectivity index (χ4v) is 2.55. The van der Waals surface area contributed by atoms with Crippen molar-refractivity contribution >= 4 is 41.3 Å². The minimum absolute atomic E-state index is 0. The maximum absolute atomic E-state index is 4.55. The predicted octanol–water partition coefficient (Wildman–Crippen LogP) is 2.10. The molecule has 0 radical (unpaired) electrons. The minimum Gasteiger partial charge on any atom is -0.357 e. The van der Waals surface area contributed by atoms with Gasteiger partial charge in [-0.2, -0.15) is 0 Å². The van der Waals surface area contributed by atoms with Gasteiger partial charge >= 0.3 is 0 Å². The van der Waals surface area contributed by atoms with Crippen molar-refractivity contribution in [1.82, 2.24) is 25.4 Å². The molecular weight excluding hydrogens is 411 g/mol. The number of thiophene rings is 1. The van der Waals surface area contributed by atoms with Gasteiger partial charge in [0.1, 0.15) is 12.4 Å². The number of aryl methyl sites for hydroxylation is 1. The van der Waals surface area contributed by atoms with Gasteiger partial charge in [-0.1, -0.05) is 6.07 Å². The van der Waals surface area contributed by atoms with Crippen LogP contribution in [0.15, 0.2) is 22.5 Å². The van der Waals surface area contributed by atoms with Gasteiger partial charge in [0.05, 0.1) is 0 Å². The molecule has 0 spiro atoms. The minimum atomic E-state index is 0. The van der Waals surface area contributed by atoms with Crippen molar-refractivity contribution in [2.45, 2.75) is 26.8 Å². The van der Waals surface area contributed by atoms with Crippen LogP contribution in [0.1, 0.15) is 23.4 Å². The molecule has 2 rings (SSSR count). The summed E-state index contributed by atoms with van der Waals surface area (Å²) in [5.41, 5.74) is 0. The van der Waals surface area contributed by atoms with Crippen LogP contribution < -0.4 is 10.6 Å². The van der Waals surface area contributed by atoms with Crippen LogP contribution in [-0.4, -0.2) is 33.8 Å². The lowest BCUT2D eigenvalue weighted by molar-refractivity contribution is 0.754. The molecule has 0 saturated heterocycles. The Balaban J connectivity index is 0.00000242. The molecule has 0 aliphatic carbocycles. The predicted molar refractivity (Wildman–Crippen MR) is 102 cm³/mol. The Bertz CT molecular complexity index is 578. The Morgan fingerprint density at radius 1 is 1.36 bits per heavy atom. The maximum Gasteiger partial charge on any atom is 0.191 e. The Hall–Kier alpha value is -1.16. The number of nitrogens with zero attached hydrogens (tertiary/aromatic N) is 4. The second-order valence-electron chi connectivity index (χ2n) is 4.67. The smallest absolute Gasteiger partial charge is 0.191 e. The summed E-state index contributed by atoms with van der Waals surface area (Å²) in [6.45, 7) is 6.21. The van der Waals surface area contributed by atoms with E-state index in [-0.39, 0.29) is 24.0 Å². The molecule has 2 aromatic rings. The average molecular weight is 434 g/mol. The van der Waals surface area contributed by atoms with Crippen LogP contribution in [0.3, 0.4) is 0 Å². The summed E-state index contributed by atoms with van der Waals surface area (Å²) in [5.74, 6) is 2.58. The maximum atomic E-state index is 4.55. The van der Waals surface area contributed by atoms with Crippen molar-refractivity contribution in [3.8, 4) is 0 Å². The molecule has 6 nitrogen and oxygen atoms in total. The molecule has 0 unspecified atom stereocenters. The molecule has 0 bridgehead atoms. The summed E-state index contributed by atoms with van der Waals surface area (Å²) in [4.78, 5) is 5.93. The second-order valence-corrected chi connectivity index (χ2v) is 5.71. The standard InChI is InChI=1S/C14H22N6S.HI/c1-4-15-14(16-8-7-12-6-5-9-21-12)17-10-13-19-18-11(2)20(13)3;/h5-6,9H,4,7-8,10H2,1-3H3,(H2,15,16,17);1H. The summed E-state index contributed by atoms with van der Waals surface area (Å²) in [6, 6.07) is 4.23. The largest absolute Gasteiger partial charge is 0.357 e. The highest BCUT2D eigenvalue weighted by atomic mass is 127. The zero-order chi connectivity index (χ0) is 15.1. The Morgan fingerprint density at radius 3 is 2.77 bits per heavy atom. The molecule has 22 heavy (non-hydrogen) atoms. The molecule has 0 saturated carbocycles. The molecule has 8 heteroatoms. The molecule has 0 aliphatic heterocycles. The van der Waals surface area contributed by atoms with Crippen LogP contribution >= 0.6 is 35.3 Å². The SMILES string of the molecule is CCNC(=NCc1nnc(C)n1C)NCCc1cccs1.I. The van der Waals surface area contributed by atoms with E-state index < -0.39 is 0 Å². The molecule has 122 valence electrons. The van der Waals surface area contributed by atoms with E-state index in [0.717, 1.165) is 37.1 Å². The van der Waals surface area contributed by atoms with Gasteiger partial charge in [0.2, 0.25) is 0 Å². The third-order valence-electron chi connectivity index (χ3n) is 3.15. The molecule has 2 heterocycles. The quantitative estimate of drug-likeness (QED) is 0.415. The zero-order valence-electron chi connectivity index (χ0n) is 13.2. The van der Waals surface area contributed by atoms with Crippen molar-refractivity contribution in [3.05, 3.63) is 34.0 Å². The Labute approximate surface area is 152 Å². The number of guanidine groups is 1. The van der Waals surface area contributed by atoms with E-state index in [0.29, 0.717) is 6.54 Å². The van der Waals surface area contributed by atoms with Crippen molar-refractivity contribution in [1.29, 1.82) is 0 Å². The molecule has 0 aromatic carbocycles. The third-order valence-corrected chi connectivity index (χ3v) is 4.09. The summed E-state index contributed by atoms with van der Waals surface area (Å²) in [6.07, 6.45) is 1.01. The molecule has 0 aliphatic rings. The number of aliphatic imine (C=N–C) groups is 1. The number of nitrogens with one attached hydrogen (secondary N) is 2. The summed E-state index contributed by atoms with van der Waals surface area (Å²) in [5, 5.41) is 16.9. The third kappa shape index (κ3) is 5.56. The first-order valence-corrected chi connectivity index (χ1v) is 7.98. The molecule has 0 amide bonds. The highest BCUT2D eigenvalue weighted by molar-refractivity contribution is 14.0. The summed E-state index contributed by atoms with van der Waals surface area (Å²) in [7, 11) is 1.96. The lowest BCUT2D eigenvalue weighted by atomic mass is 10.3. The van der Waals surface area contributed by atoms with Crippen molar-refractivity contribution in [2.24, 2.45) is 12.0 Å². The van der Waals surface area contributed by atoms with Crippen molar-refractivity contribution in [3.63, 3.8) is 0 Å². The van der Waals surface area contributed by atoms with Gasteiger partial charge in [-0.15, -0.1) is 45.5 Å². The highest BCUT2D eigenvalue weighted by Crippen LogP contribution is 2.08. The lowest BCUT2D eigenvalue weighted by Crippen LogP contribution is -2.38. The van der Waals surface area contributed by atoms with E-state index in [4.69, 9.17) is 0 Å². The van der Waals surface area contributed by atoms with E-state index in [1.54, 1.807) is 11.3 Å². The molecule has 0 atom stereocenters. The van der Waals surface area contributed by atoms with Crippen molar-refractivity contribution in [2.75, 3.05) is 13.1 Å². The van der Waals surface area contributed by atoms with E-state index in [1.165, 1.54) is 4.88 Å². The highest BCUT2D eigenvalue weighted by Gasteiger charge is 2.04. The number of aromatic nitrogens is 3. The van der Waals surface area contributed by atoms with Gasteiger partial charge in [0.25, 0.3) is 0 Å². The average Bonchev–Trinajstić information content (AvgIpc) is 3.09. The van der Waals surface area contributed by atoms with Crippen molar-refractivity contribution < 1.29 is 0 Å². The van der Waals surface area contributed by atoms with Gasteiger partial charge in [-0.3, -0.25) is 0 Å². The number of rotatable bonds is 6. The molecular formula is C14H23IN6S. The lowest BCUT2D eigenvalue weighted by Gasteiger charge is -2.10. The fraction of sp³-hybridized carbons (Fsp3) is 0.500. The first kappa shape index (κ1) is 18.9. The van der Waals surface area contributed by atoms with Crippen LogP contribution in [0.5, 0.6) is 0 Å². The summed E-state index contributed by atoms with van der Waals surface area (Å²) >= 11 is 1.78. The molecule has 2 N–H and O–H groups in total. The number of hydrogen-bond donors (Lipinski definition) is 2. The fourth-order valence-electron chi connectivity index (χ4n) is 1.84. The normalized spacial score (nSPS) is 11.1. The van der Waals surface area contributed by atoms with Gasteiger partial charge in [-0.25, -0.2) is 4.99 Å². The van der Waals surface area contributed by atoms with E-state index >= 15 is 0 Å². The van der Waals surface area contributed by atoms with Gasteiger partial charge in [0, 0.05) is 25.0 Å². The van der Waals surface area contributed by atoms with Crippen LogP contribution in [0.4, 0.5) is 0 Å². The monoisotopic (exact) mass is 434 g/mol. The van der Waals surface area contributed by atoms with E-state index in [1.807, 2.05) is 18.5 Å². The molecule has 0 fully saturated rings. The van der Waals surface area contributed by atoms with Crippen LogP contribution in [0.25, 0.3) is 0 Å². The van der Waals surface area contributed by atoms with Crippen LogP contribution in [0.2, 0.25) is 0 Å². The second kappa shape index (κ2) is 9.78. The van der Waals surface area contributed by atoms with Gasteiger partial charge < -0.3 is 15.2 Å². The number of halogens is 1. The first-order valence-electron chi connectivity index (χ1n) is 7.10. The number of hydrogen-bond acceptors (Lipinski definition) is 4. The molecule has 2 aromatic heterocycles. The Kier molecular flexibility index (Phi) is 8.39. The van der Waals surface area contributed by atoms with Gasteiger partial charge in [0.15, 0.2) is 11.8 Å². The zero-order valence-corrected chi connectivity index (χ0v) is 16.3. The van der Waals surface area contributed by atoms with E-state index in [2.05, 4.69) is 50.3 Å². The topological polar surface area (TPSA) is 67.1 Å². The summed E-state index contributed by atoms with van der Waals surface area (Å²) < 4.78 is 1.96. The van der Waals surface area contributed by atoms with E-state index in [9.17, 15) is 0 Å². The van der Waals surface area contributed by atoms with Crippen LogP contribution in [0, 0.1) is 6.92 Å². The Morgan fingerprint density at radius 2 is 2.18 bits per heavy atom. The van der Waals surface area contributed by atoms with Gasteiger partial charge in [-0.05, 0) is 31.7 Å². The van der Waals surface area contributed by atoms with Crippen LogP contribution in [-0.2, 0) is 20.0 Å².